The predicted molar refractivity (Wildman–Crippen MR) is 166 cm³/mol. The van der Waals surface area contributed by atoms with E-state index in [-0.39, 0.29) is 11.0 Å². The predicted octanol–water partition coefficient (Wildman–Crippen LogP) is 10.5. The molecule has 0 N–H and O–H groups in total. The van der Waals surface area contributed by atoms with Gasteiger partial charge in [0.25, 0.3) is 0 Å². The van der Waals surface area contributed by atoms with Crippen molar-refractivity contribution in [3.8, 4) is 22.3 Å². The van der Waals surface area contributed by atoms with E-state index in [4.69, 9.17) is 0 Å². The van der Waals surface area contributed by atoms with Crippen molar-refractivity contribution in [2.24, 2.45) is 11.3 Å². The van der Waals surface area contributed by atoms with E-state index in [1.165, 1.54) is 69.6 Å². The highest BCUT2D eigenvalue weighted by atomic mass is 15.2. The summed E-state index contributed by atoms with van der Waals surface area (Å²) in [6.07, 6.45) is 3.78. The Bertz CT molecular complexity index is 1570. The summed E-state index contributed by atoms with van der Waals surface area (Å²) in [7, 11) is 0. The second kappa shape index (κ2) is 8.34. The van der Waals surface area contributed by atoms with Gasteiger partial charge < -0.3 is 4.90 Å². The van der Waals surface area contributed by atoms with Gasteiger partial charge >= 0.3 is 0 Å². The maximum absolute atomic E-state index is 2.68. The molecule has 1 nitrogen and oxygen atoms in total. The minimum Gasteiger partial charge on any atom is -0.335 e. The Kier molecular flexibility index (Phi) is 5.28. The first-order valence-electron chi connectivity index (χ1n) is 14.8. The van der Waals surface area contributed by atoms with Gasteiger partial charge in [0.15, 0.2) is 0 Å². The summed E-state index contributed by atoms with van der Waals surface area (Å²) in [5, 5.41) is 0. The van der Waals surface area contributed by atoms with Gasteiger partial charge in [0.1, 0.15) is 0 Å². The molecule has 1 heteroatoms. The third kappa shape index (κ3) is 3.58. The molecule has 0 radical (unpaired) electrons. The van der Waals surface area contributed by atoms with Crippen LogP contribution < -0.4 is 4.90 Å². The molecule has 1 saturated carbocycles. The van der Waals surface area contributed by atoms with Crippen molar-refractivity contribution < 1.29 is 0 Å². The van der Waals surface area contributed by atoms with E-state index in [9.17, 15) is 0 Å². The van der Waals surface area contributed by atoms with Gasteiger partial charge in [-0.3, -0.25) is 0 Å². The summed E-state index contributed by atoms with van der Waals surface area (Å²) in [5.41, 5.74) is 13.1. The van der Waals surface area contributed by atoms with Crippen molar-refractivity contribution in [1.29, 1.82) is 0 Å². The van der Waals surface area contributed by atoms with Crippen LogP contribution in [0.3, 0.4) is 0 Å². The van der Waals surface area contributed by atoms with Crippen molar-refractivity contribution in [3.05, 3.63) is 108 Å². The van der Waals surface area contributed by atoms with Gasteiger partial charge in [-0.05, 0) is 107 Å². The molecule has 0 spiro atoms. The topological polar surface area (TPSA) is 3.24 Å². The summed E-state index contributed by atoms with van der Waals surface area (Å²) in [6, 6.07) is 34.5. The summed E-state index contributed by atoms with van der Waals surface area (Å²) < 4.78 is 0. The van der Waals surface area contributed by atoms with Crippen LogP contribution >= 0.6 is 0 Å². The highest BCUT2D eigenvalue weighted by Gasteiger charge is 2.53. The van der Waals surface area contributed by atoms with Crippen LogP contribution in [0.5, 0.6) is 0 Å². The lowest BCUT2D eigenvalue weighted by molar-refractivity contribution is 0.127. The molecule has 2 aliphatic carbocycles. The van der Waals surface area contributed by atoms with E-state index in [0.29, 0.717) is 11.3 Å². The fraction of sp³-hybridized carbons (Fsp3) is 0.368. The largest absolute Gasteiger partial charge is 0.335 e. The van der Waals surface area contributed by atoms with Crippen LogP contribution in [0.4, 0.5) is 11.4 Å². The molecule has 3 atom stereocenters. The zero-order valence-corrected chi connectivity index (χ0v) is 24.4. The number of rotatable bonds is 2. The molecule has 39 heavy (non-hydrogen) atoms. The van der Waals surface area contributed by atoms with Crippen LogP contribution in [0, 0.1) is 11.3 Å². The fourth-order valence-electron chi connectivity index (χ4n) is 8.20. The molecule has 1 fully saturated rings. The Labute approximate surface area is 234 Å². The summed E-state index contributed by atoms with van der Waals surface area (Å²) in [6.45, 7) is 14.6. The standard InChI is InChI=1S/C38H41N/c1-36(2,3)27-20-21-38(6)34(24-27)31-22-25(17-19-35(31)39(38)28-12-8-7-9-13-28)26-16-18-30-29-14-10-11-15-32(29)37(4,5)33(30)23-26/h7-19,22-23,27,34H,20-21,24H2,1-6H3. The van der Waals surface area contributed by atoms with Crippen LogP contribution in [0.25, 0.3) is 22.3 Å². The lowest BCUT2D eigenvalue weighted by Gasteiger charge is -2.49. The molecule has 4 aromatic rings. The number of nitrogens with zero attached hydrogens (tertiary/aromatic N) is 1. The SMILES string of the molecule is CC1(C)c2ccccc2-c2ccc(-c3ccc4c(c3)C3CC(C(C)(C)C)CCC3(C)N4c3ccccc3)cc21. The molecule has 3 unspecified atom stereocenters. The van der Waals surface area contributed by atoms with Gasteiger partial charge in [0, 0.05) is 28.2 Å². The van der Waals surface area contributed by atoms with Crippen molar-refractivity contribution in [2.45, 2.75) is 77.7 Å². The first-order valence-corrected chi connectivity index (χ1v) is 14.8. The fourth-order valence-corrected chi connectivity index (χ4v) is 8.20. The molecule has 1 aliphatic heterocycles. The minimum atomic E-state index is 0.0185. The van der Waals surface area contributed by atoms with Gasteiger partial charge in [-0.2, -0.15) is 0 Å². The van der Waals surface area contributed by atoms with Gasteiger partial charge in [0.05, 0.1) is 0 Å². The van der Waals surface area contributed by atoms with E-state index in [1.54, 1.807) is 0 Å². The molecule has 0 amide bonds. The normalized spacial score (nSPS) is 24.6. The molecule has 4 aromatic carbocycles. The third-order valence-corrected chi connectivity index (χ3v) is 10.6. The van der Waals surface area contributed by atoms with Gasteiger partial charge in [-0.15, -0.1) is 0 Å². The quantitative estimate of drug-likeness (QED) is 0.259. The van der Waals surface area contributed by atoms with Crippen LogP contribution in [-0.4, -0.2) is 5.54 Å². The molecule has 198 valence electrons. The first kappa shape index (κ1) is 24.7. The lowest BCUT2D eigenvalue weighted by atomic mass is 9.62. The molecule has 0 saturated heterocycles. The lowest BCUT2D eigenvalue weighted by Crippen LogP contribution is -2.48. The number of anilines is 2. The van der Waals surface area contributed by atoms with Crippen LogP contribution in [-0.2, 0) is 5.41 Å². The van der Waals surface area contributed by atoms with Crippen molar-refractivity contribution >= 4 is 11.4 Å². The molecule has 7 rings (SSSR count). The monoisotopic (exact) mass is 511 g/mol. The Morgan fingerprint density at radius 1 is 0.718 bits per heavy atom. The highest BCUT2D eigenvalue weighted by Crippen LogP contribution is 2.60. The molecule has 1 heterocycles. The molecular formula is C38H41N. The minimum absolute atomic E-state index is 0.0185. The van der Waals surface area contributed by atoms with Crippen molar-refractivity contribution in [1.82, 2.24) is 0 Å². The molecule has 0 aromatic heterocycles. The zero-order chi connectivity index (χ0) is 27.2. The number of benzene rings is 4. The summed E-state index contributed by atoms with van der Waals surface area (Å²) in [5.74, 6) is 1.27. The summed E-state index contributed by atoms with van der Waals surface area (Å²) >= 11 is 0. The smallest absolute Gasteiger partial charge is 0.0492 e. The number of fused-ring (bicyclic) bond motifs is 6. The highest BCUT2D eigenvalue weighted by molar-refractivity contribution is 5.85. The second-order valence-corrected chi connectivity index (χ2v) is 14.1. The number of hydrogen-bond acceptors (Lipinski definition) is 1. The van der Waals surface area contributed by atoms with Gasteiger partial charge in [0.2, 0.25) is 0 Å². The number of hydrogen-bond donors (Lipinski definition) is 0. The van der Waals surface area contributed by atoms with Gasteiger partial charge in [-0.25, -0.2) is 0 Å². The average molecular weight is 512 g/mol. The Hall–Kier alpha value is -3.32. The van der Waals surface area contributed by atoms with Gasteiger partial charge in [-0.1, -0.05) is 95.3 Å². The van der Waals surface area contributed by atoms with Crippen LogP contribution in [0.1, 0.15) is 83.4 Å². The third-order valence-electron chi connectivity index (χ3n) is 10.6. The van der Waals surface area contributed by atoms with E-state index in [0.717, 1.165) is 5.92 Å². The van der Waals surface area contributed by atoms with E-state index < -0.39 is 0 Å². The maximum atomic E-state index is 2.68. The van der Waals surface area contributed by atoms with Crippen LogP contribution in [0.15, 0.2) is 91.0 Å². The average Bonchev–Trinajstić information content (AvgIpc) is 3.32. The Balaban J connectivity index is 1.35. The summed E-state index contributed by atoms with van der Waals surface area (Å²) in [4.78, 5) is 2.68. The molecular weight excluding hydrogens is 470 g/mol. The zero-order valence-electron chi connectivity index (χ0n) is 24.4. The van der Waals surface area contributed by atoms with E-state index in [2.05, 4.69) is 137 Å². The van der Waals surface area contributed by atoms with Crippen molar-refractivity contribution in [2.75, 3.05) is 4.90 Å². The molecule has 0 bridgehead atoms. The van der Waals surface area contributed by atoms with Crippen molar-refractivity contribution in [3.63, 3.8) is 0 Å². The van der Waals surface area contributed by atoms with E-state index in [1.807, 2.05) is 0 Å². The van der Waals surface area contributed by atoms with E-state index >= 15 is 0 Å². The second-order valence-electron chi connectivity index (χ2n) is 14.1. The maximum Gasteiger partial charge on any atom is 0.0492 e. The van der Waals surface area contributed by atoms with Crippen LogP contribution in [0.2, 0.25) is 0 Å². The Morgan fingerprint density at radius 3 is 2.15 bits per heavy atom. The molecule has 3 aliphatic rings. The first-order chi connectivity index (χ1) is 18.6. The number of para-hydroxylation sites is 1. The Morgan fingerprint density at radius 2 is 1.38 bits per heavy atom.